The largest absolute Gasteiger partial charge is 0.364 e. The van der Waals surface area contributed by atoms with E-state index in [1.807, 2.05) is 29.2 Å². The molecule has 1 aliphatic carbocycles. The second kappa shape index (κ2) is 4.44. The molecule has 2 aromatic rings. The standard InChI is InChI=1S/C15H16N4O/c20-14-7-10(8-19(14)11-5-6-11)18-15-12-3-1-2-4-13(12)16-9-17-15/h1-4,9-11H,5-8H2,(H,16,17,18). The molecule has 1 saturated carbocycles. The summed E-state index contributed by atoms with van der Waals surface area (Å²) in [5.41, 5.74) is 0.924. The summed E-state index contributed by atoms with van der Waals surface area (Å²) in [6, 6.07) is 8.57. The normalized spacial score (nSPS) is 22.5. The molecule has 5 heteroatoms. The van der Waals surface area contributed by atoms with Crippen molar-refractivity contribution in [3.8, 4) is 0 Å². The number of para-hydroxylation sites is 1. The van der Waals surface area contributed by atoms with Gasteiger partial charge in [0, 0.05) is 24.4 Å². The average molecular weight is 268 g/mol. The van der Waals surface area contributed by atoms with Crippen LogP contribution >= 0.6 is 0 Å². The van der Waals surface area contributed by atoms with Gasteiger partial charge < -0.3 is 10.2 Å². The summed E-state index contributed by atoms with van der Waals surface area (Å²) in [4.78, 5) is 22.6. The summed E-state index contributed by atoms with van der Waals surface area (Å²) < 4.78 is 0. The summed E-state index contributed by atoms with van der Waals surface area (Å²) >= 11 is 0. The number of carbonyl (C=O) groups excluding carboxylic acids is 1. The second-order valence-electron chi connectivity index (χ2n) is 5.56. The van der Waals surface area contributed by atoms with Crippen LogP contribution < -0.4 is 5.32 Å². The predicted octanol–water partition coefficient (Wildman–Crippen LogP) is 1.80. The first-order valence-corrected chi connectivity index (χ1v) is 7.07. The van der Waals surface area contributed by atoms with Crippen molar-refractivity contribution in [2.75, 3.05) is 11.9 Å². The van der Waals surface area contributed by atoms with Gasteiger partial charge in [0.1, 0.15) is 12.1 Å². The van der Waals surface area contributed by atoms with Crippen LogP contribution in [0.1, 0.15) is 19.3 Å². The number of hydrogen-bond donors (Lipinski definition) is 1. The molecule has 5 nitrogen and oxygen atoms in total. The van der Waals surface area contributed by atoms with E-state index in [0.717, 1.165) is 36.1 Å². The molecule has 4 rings (SSSR count). The van der Waals surface area contributed by atoms with E-state index in [-0.39, 0.29) is 11.9 Å². The minimum absolute atomic E-state index is 0.154. The van der Waals surface area contributed by atoms with Crippen molar-refractivity contribution >= 4 is 22.6 Å². The molecule has 1 atom stereocenters. The Labute approximate surface area is 117 Å². The maximum atomic E-state index is 12.0. The molecule has 1 aromatic carbocycles. The van der Waals surface area contributed by atoms with Crippen molar-refractivity contribution in [2.24, 2.45) is 0 Å². The minimum atomic E-state index is 0.154. The molecule has 1 N–H and O–H groups in total. The summed E-state index contributed by atoms with van der Waals surface area (Å²) in [5.74, 6) is 1.09. The number of benzene rings is 1. The highest BCUT2D eigenvalue weighted by Crippen LogP contribution is 2.31. The zero-order valence-electron chi connectivity index (χ0n) is 11.1. The number of nitrogens with one attached hydrogen (secondary N) is 1. The smallest absolute Gasteiger partial charge is 0.225 e. The van der Waals surface area contributed by atoms with Crippen LogP contribution in [0.3, 0.4) is 0 Å². The predicted molar refractivity (Wildman–Crippen MR) is 76.3 cm³/mol. The van der Waals surface area contributed by atoms with Gasteiger partial charge in [-0.05, 0) is 25.0 Å². The minimum Gasteiger partial charge on any atom is -0.364 e. The SMILES string of the molecule is O=C1CC(Nc2ncnc3ccccc23)CN1C1CC1. The lowest BCUT2D eigenvalue weighted by atomic mass is 10.2. The lowest BCUT2D eigenvalue weighted by Gasteiger charge is -2.17. The Balaban J connectivity index is 1.57. The molecule has 20 heavy (non-hydrogen) atoms. The molecule has 2 fully saturated rings. The Morgan fingerprint density at radius 2 is 2.05 bits per heavy atom. The van der Waals surface area contributed by atoms with Gasteiger partial charge >= 0.3 is 0 Å². The number of hydrogen-bond acceptors (Lipinski definition) is 4. The molecule has 0 spiro atoms. The van der Waals surface area contributed by atoms with Gasteiger partial charge in [0.2, 0.25) is 5.91 Å². The molecule has 1 unspecified atom stereocenters. The van der Waals surface area contributed by atoms with E-state index in [0.29, 0.717) is 12.5 Å². The number of anilines is 1. The molecular weight excluding hydrogens is 252 g/mol. The third-order valence-electron chi connectivity index (χ3n) is 4.03. The molecule has 1 aliphatic heterocycles. The van der Waals surface area contributed by atoms with Crippen molar-refractivity contribution < 1.29 is 4.79 Å². The highest BCUT2D eigenvalue weighted by molar-refractivity contribution is 5.89. The highest BCUT2D eigenvalue weighted by Gasteiger charge is 2.39. The van der Waals surface area contributed by atoms with Gasteiger partial charge in [0.25, 0.3) is 0 Å². The lowest BCUT2D eigenvalue weighted by molar-refractivity contribution is -0.128. The first kappa shape index (κ1) is 11.6. The summed E-state index contributed by atoms with van der Waals surface area (Å²) in [7, 11) is 0. The molecule has 2 heterocycles. The lowest BCUT2D eigenvalue weighted by Crippen LogP contribution is -2.29. The Morgan fingerprint density at radius 1 is 1.20 bits per heavy atom. The van der Waals surface area contributed by atoms with E-state index in [4.69, 9.17) is 0 Å². The first-order valence-electron chi connectivity index (χ1n) is 7.07. The fourth-order valence-corrected chi connectivity index (χ4v) is 2.88. The summed E-state index contributed by atoms with van der Waals surface area (Å²) in [6.07, 6.45) is 4.46. The molecule has 0 radical (unpaired) electrons. The Hall–Kier alpha value is -2.17. The van der Waals surface area contributed by atoms with Gasteiger partial charge in [0.15, 0.2) is 0 Å². The Kier molecular flexibility index (Phi) is 2.58. The highest BCUT2D eigenvalue weighted by atomic mass is 16.2. The number of likely N-dealkylation sites (tertiary alicyclic amines) is 1. The van der Waals surface area contributed by atoms with Crippen molar-refractivity contribution in [3.63, 3.8) is 0 Å². The summed E-state index contributed by atoms with van der Waals surface area (Å²) in [6.45, 7) is 0.793. The first-order chi connectivity index (χ1) is 9.81. The molecular formula is C15H16N4O. The van der Waals surface area contributed by atoms with Crippen molar-refractivity contribution in [2.45, 2.75) is 31.3 Å². The van der Waals surface area contributed by atoms with E-state index >= 15 is 0 Å². The van der Waals surface area contributed by atoms with E-state index in [2.05, 4.69) is 15.3 Å². The molecule has 1 saturated heterocycles. The third kappa shape index (κ3) is 1.99. The number of carbonyl (C=O) groups is 1. The van der Waals surface area contributed by atoms with E-state index in [1.165, 1.54) is 0 Å². The quantitative estimate of drug-likeness (QED) is 0.922. The van der Waals surface area contributed by atoms with Gasteiger partial charge in [-0.25, -0.2) is 9.97 Å². The molecule has 102 valence electrons. The van der Waals surface area contributed by atoms with Crippen LogP contribution in [-0.4, -0.2) is 39.4 Å². The van der Waals surface area contributed by atoms with Gasteiger partial charge in [-0.15, -0.1) is 0 Å². The van der Waals surface area contributed by atoms with Crippen LogP contribution in [-0.2, 0) is 4.79 Å². The number of fused-ring (bicyclic) bond motifs is 1. The van der Waals surface area contributed by atoms with Crippen LogP contribution in [0.2, 0.25) is 0 Å². The zero-order valence-corrected chi connectivity index (χ0v) is 11.1. The van der Waals surface area contributed by atoms with Crippen LogP contribution in [0.4, 0.5) is 5.82 Å². The van der Waals surface area contributed by atoms with Crippen LogP contribution in [0.5, 0.6) is 0 Å². The monoisotopic (exact) mass is 268 g/mol. The van der Waals surface area contributed by atoms with Crippen LogP contribution in [0.25, 0.3) is 10.9 Å². The average Bonchev–Trinajstić information content (AvgIpc) is 3.24. The maximum Gasteiger partial charge on any atom is 0.225 e. The fraction of sp³-hybridized carbons (Fsp3) is 0.400. The van der Waals surface area contributed by atoms with Gasteiger partial charge in [-0.1, -0.05) is 12.1 Å². The summed E-state index contributed by atoms with van der Waals surface area (Å²) in [5, 5.41) is 4.42. The third-order valence-corrected chi connectivity index (χ3v) is 4.03. The zero-order chi connectivity index (χ0) is 13.5. The number of nitrogens with zero attached hydrogens (tertiary/aromatic N) is 3. The van der Waals surface area contributed by atoms with E-state index < -0.39 is 0 Å². The van der Waals surface area contributed by atoms with Crippen molar-refractivity contribution in [3.05, 3.63) is 30.6 Å². The van der Waals surface area contributed by atoms with Gasteiger partial charge in [0.05, 0.1) is 11.6 Å². The number of aromatic nitrogens is 2. The maximum absolute atomic E-state index is 12.0. The molecule has 0 bridgehead atoms. The molecule has 1 amide bonds. The van der Waals surface area contributed by atoms with Crippen molar-refractivity contribution in [1.82, 2.24) is 14.9 Å². The van der Waals surface area contributed by atoms with E-state index in [9.17, 15) is 4.79 Å². The fourth-order valence-electron chi connectivity index (χ4n) is 2.88. The Morgan fingerprint density at radius 3 is 2.90 bits per heavy atom. The van der Waals surface area contributed by atoms with Gasteiger partial charge in [-0.3, -0.25) is 4.79 Å². The van der Waals surface area contributed by atoms with E-state index in [1.54, 1.807) is 6.33 Å². The van der Waals surface area contributed by atoms with Crippen molar-refractivity contribution in [1.29, 1.82) is 0 Å². The second-order valence-corrected chi connectivity index (χ2v) is 5.56. The number of rotatable bonds is 3. The topological polar surface area (TPSA) is 58.1 Å². The molecule has 2 aliphatic rings. The van der Waals surface area contributed by atoms with Crippen LogP contribution in [0, 0.1) is 0 Å². The number of amides is 1. The van der Waals surface area contributed by atoms with Gasteiger partial charge in [-0.2, -0.15) is 0 Å². The molecule has 1 aromatic heterocycles. The van der Waals surface area contributed by atoms with Crippen LogP contribution in [0.15, 0.2) is 30.6 Å². The Bertz CT molecular complexity index is 662.